The minimum atomic E-state index is -3.31. The topological polar surface area (TPSA) is 90.0 Å². The smallest absolute Gasteiger partial charge is 0.177 e. The lowest BCUT2D eigenvalue weighted by Gasteiger charge is -2.12. The van der Waals surface area contributed by atoms with Crippen molar-refractivity contribution in [3.8, 4) is 0 Å². The molecule has 7 heteroatoms. The zero-order chi connectivity index (χ0) is 14.8. The molecule has 0 saturated heterocycles. The van der Waals surface area contributed by atoms with Crippen molar-refractivity contribution in [1.82, 2.24) is 9.55 Å². The summed E-state index contributed by atoms with van der Waals surface area (Å²) < 4.78 is 25.1. The molecule has 0 bridgehead atoms. The molecule has 108 valence electrons. The highest BCUT2D eigenvalue weighted by Crippen LogP contribution is 2.26. The predicted molar refractivity (Wildman–Crippen MR) is 79.4 cm³/mol. The van der Waals surface area contributed by atoms with E-state index in [-0.39, 0.29) is 10.6 Å². The van der Waals surface area contributed by atoms with Gasteiger partial charge in [-0.1, -0.05) is 6.07 Å². The van der Waals surface area contributed by atoms with E-state index in [9.17, 15) is 8.42 Å². The van der Waals surface area contributed by atoms with Crippen LogP contribution in [0.25, 0.3) is 0 Å². The van der Waals surface area contributed by atoms with Crippen molar-refractivity contribution in [1.29, 1.82) is 0 Å². The molecular formula is C13H18N4O2S. The average molecular weight is 294 g/mol. The molecule has 0 fully saturated rings. The molecule has 0 atom stereocenters. The van der Waals surface area contributed by atoms with Crippen LogP contribution < -0.4 is 11.1 Å². The van der Waals surface area contributed by atoms with E-state index in [2.05, 4.69) is 10.3 Å². The van der Waals surface area contributed by atoms with E-state index in [1.54, 1.807) is 18.3 Å². The van der Waals surface area contributed by atoms with Gasteiger partial charge in [0.2, 0.25) is 0 Å². The Morgan fingerprint density at radius 2 is 2.15 bits per heavy atom. The molecule has 1 aromatic carbocycles. The molecule has 20 heavy (non-hydrogen) atoms. The van der Waals surface area contributed by atoms with Gasteiger partial charge in [-0.3, -0.25) is 0 Å². The lowest BCUT2D eigenvalue weighted by Crippen LogP contribution is -2.11. The number of nitrogens with one attached hydrogen (secondary N) is 1. The molecule has 2 aromatic rings. The Labute approximate surface area is 118 Å². The first-order valence-electron chi connectivity index (χ1n) is 6.18. The number of nitrogen functional groups attached to an aromatic ring is 1. The van der Waals surface area contributed by atoms with E-state index in [0.29, 0.717) is 12.2 Å². The van der Waals surface area contributed by atoms with Crippen molar-refractivity contribution in [2.75, 3.05) is 23.9 Å². The van der Waals surface area contributed by atoms with Crippen molar-refractivity contribution in [3.05, 3.63) is 36.4 Å². The zero-order valence-electron chi connectivity index (χ0n) is 11.5. The summed E-state index contributed by atoms with van der Waals surface area (Å²) in [5, 5.41) is 3.15. The largest absolute Gasteiger partial charge is 0.396 e. The van der Waals surface area contributed by atoms with E-state index in [0.717, 1.165) is 18.5 Å². The molecule has 1 aromatic heterocycles. The second kappa shape index (κ2) is 5.54. The highest BCUT2D eigenvalue weighted by molar-refractivity contribution is 7.90. The Morgan fingerprint density at radius 1 is 1.40 bits per heavy atom. The van der Waals surface area contributed by atoms with E-state index >= 15 is 0 Å². The number of sulfone groups is 1. The summed E-state index contributed by atoms with van der Waals surface area (Å²) in [5.41, 5.74) is 6.78. The predicted octanol–water partition coefficient (Wildman–Crippen LogP) is 1.06. The quantitative estimate of drug-likeness (QED) is 0.805. The molecule has 3 N–H and O–H groups in total. The molecule has 0 aliphatic rings. The molecule has 0 aliphatic heterocycles. The number of anilines is 2. The van der Waals surface area contributed by atoms with Gasteiger partial charge in [0.1, 0.15) is 5.82 Å². The van der Waals surface area contributed by atoms with Crippen LogP contribution in [0.1, 0.15) is 5.82 Å². The van der Waals surface area contributed by atoms with Crippen LogP contribution in [0.2, 0.25) is 0 Å². The first-order chi connectivity index (χ1) is 9.39. The normalized spacial score (nSPS) is 11.5. The molecule has 0 spiro atoms. The fourth-order valence-electron chi connectivity index (χ4n) is 1.97. The first-order valence-corrected chi connectivity index (χ1v) is 8.07. The molecule has 0 radical (unpaired) electrons. The fourth-order valence-corrected chi connectivity index (χ4v) is 2.80. The third-order valence-corrected chi connectivity index (χ3v) is 4.21. The summed E-state index contributed by atoms with van der Waals surface area (Å²) >= 11 is 0. The van der Waals surface area contributed by atoms with Crippen molar-refractivity contribution < 1.29 is 8.42 Å². The number of nitrogens with zero attached hydrogens (tertiary/aromatic N) is 2. The molecule has 1 heterocycles. The number of imidazole rings is 1. The van der Waals surface area contributed by atoms with E-state index in [4.69, 9.17) is 5.73 Å². The number of rotatable bonds is 5. The monoisotopic (exact) mass is 294 g/mol. The van der Waals surface area contributed by atoms with Crippen LogP contribution in [-0.2, 0) is 23.3 Å². The standard InChI is InChI=1S/C13H18N4O2S/c1-17-9-8-16-12(17)6-7-15-10-4-3-5-11(13(10)14)20(2,18)19/h3-5,8-9,15H,6-7,14H2,1-2H3. The summed E-state index contributed by atoms with van der Waals surface area (Å²) in [7, 11) is -1.38. The van der Waals surface area contributed by atoms with Crippen molar-refractivity contribution in [2.24, 2.45) is 7.05 Å². The van der Waals surface area contributed by atoms with Crippen LogP contribution >= 0.6 is 0 Å². The number of aryl methyl sites for hydroxylation is 1. The van der Waals surface area contributed by atoms with Gasteiger partial charge >= 0.3 is 0 Å². The average Bonchev–Trinajstić information content (AvgIpc) is 2.76. The van der Waals surface area contributed by atoms with Gasteiger partial charge in [-0.2, -0.15) is 0 Å². The van der Waals surface area contributed by atoms with Crippen LogP contribution in [0.3, 0.4) is 0 Å². The molecule has 0 amide bonds. The van der Waals surface area contributed by atoms with Crippen LogP contribution in [0.4, 0.5) is 11.4 Å². The van der Waals surface area contributed by atoms with Crippen LogP contribution in [0.15, 0.2) is 35.5 Å². The Bertz CT molecular complexity index is 707. The lowest BCUT2D eigenvalue weighted by molar-refractivity contribution is 0.602. The van der Waals surface area contributed by atoms with Gasteiger partial charge in [0.15, 0.2) is 9.84 Å². The summed E-state index contributed by atoms with van der Waals surface area (Å²) in [6.45, 7) is 0.627. The number of benzene rings is 1. The SMILES string of the molecule is Cn1ccnc1CCNc1cccc(S(C)(=O)=O)c1N. The van der Waals surface area contributed by atoms with Crippen LogP contribution in [-0.4, -0.2) is 30.8 Å². The minimum absolute atomic E-state index is 0.152. The maximum absolute atomic E-state index is 11.6. The summed E-state index contributed by atoms with van der Waals surface area (Å²) in [6, 6.07) is 4.95. The Hall–Kier alpha value is -2.02. The van der Waals surface area contributed by atoms with Gasteiger partial charge in [0, 0.05) is 38.7 Å². The number of aromatic nitrogens is 2. The van der Waals surface area contributed by atoms with Crippen LogP contribution in [0.5, 0.6) is 0 Å². The Balaban J connectivity index is 2.09. The fraction of sp³-hybridized carbons (Fsp3) is 0.308. The van der Waals surface area contributed by atoms with Gasteiger partial charge in [0.05, 0.1) is 16.3 Å². The summed E-state index contributed by atoms with van der Waals surface area (Å²) in [4.78, 5) is 4.37. The van der Waals surface area contributed by atoms with Crippen molar-refractivity contribution in [2.45, 2.75) is 11.3 Å². The van der Waals surface area contributed by atoms with Gasteiger partial charge in [0.25, 0.3) is 0 Å². The van der Waals surface area contributed by atoms with Crippen molar-refractivity contribution >= 4 is 21.2 Å². The second-order valence-corrected chi connectivity index (χ2v) is 6.60. The van der Waals surface area contributed by atoms with E-state index < -0.39 is 9.84 Å². The van der Waals surface area contributed by atoms with E-state index in [1.165, 1.54) is 6.07 Å². The molecule has 0 unspecified atom stereocenters. The Kier molecular flexibility index (Phi) is 3.99. The molecular weight excluding hydrogens is 276 g/mol. The number of hydrogen-bond donors (Lipinski definition) is 2. The molecule has 2 rings (SSSR count). The number of hydrogen-bond acceptors (Lipinski definition) is 5. The van der Waals surface area contributed by atoms with Crippen molar-refractivity contribution in [3.63, 3.8) is 0 Å². The first kappa shape index (κ1) is 14.4. The van der Waals surface area contributed by atoms with E-state index in [1.807, 2.05) is 17.8 Å². The third kappa shape index (κ3) is 3.11. The lowest BCUT2D eigenvalue weighted by atomic mass is 10.2. The van der Waals surface area contributed by atoms with Gasteiger partial charge < -0.3 is 15.6 Å². The number of nitrogens with two attached hydrogens (primary N) is 1. The zero-order valence-corrected chi connectivity index (χ0v) is 12.3. The summed E-state index contributed by atoms with van der Waals surface area (Å²) in [5.74, 6) is 0.954. The maximum Gasteiger partial charge on any atom is 0.177 e. The molecule has 0 saturated carbocycles. The number of para-hydroxylation sites is 1. The summed E-state index contributed by atoms with van der Waals surface area (Å²) in [6.07, 6.45) is 5.50. The highest BCUT2D eigenvalue weighted by Gasteiger charge is 2.13. The molecule has 6 nitrogen and oxygen atoms in total. The van der Waals surface area contributed by atoms with Gasteiger partial charge in [-0.25, -0.2) is 13.4 Å². The highest BCUT2D eigenvalue weighted by atomic mass is 32.2. The maximum atomic E-state index is 11.6. The van der Waals surface area contributed by atoms with Crippen LogP contribution in [0, 0.1) is 0 Å². The minimum Gasteiger partial charge on any atom is -0.396 e. The third-order valence-electron chi connectivity index (χ3n) is 3.05. The van der Waals surface area contributed by atoms with Gasteiger partial charge in [-0.15, -0.1) is 0 Å². The second-order valence-electron chi connectivity index (χ2n) is 4.62. The molecule has 0 aliphatic carbocycles. The van der Waals surface area contributed by atoms with Gasteiger partial charge in [-0.05, 0) is 12.1 Å². The Morgan fingerprint density at radius 3 is 2.75 bits per heavy atom.